The van der Waals surface area contributed by atoms with Gasteiger partial charge in [0.15, 0.2) is 0 Å². The van der Waals surface area contributed by atoms with E-state index in [-0.39, 0.29) is 22.4 Å². The molecule has 6 aromatic carbocycles. The van der Waals surface area contributed by atoms with Gasteiger partial charge in [0.05, 0.1) is 30.0 Å². The van der Waals surface area contributed by atoms with E-state index in [0.717, 1.165) is 50.1 Å². The molecule has 1 aliphatic rings. The maximum absolute atomic E-state index is 6.71. The number of aromatic nitrogens is 1. The second kappa shape index (κ2) is 12.3. The number of hydrogen-bond donors (Lipinski definition) is 0. The molecular formula is C41H26AgN2O2P-. The molecule has 47 heavy (non-hydrogen) atoms. The molecule has 0 unspecified atom stereocenters. The number of benzene rings is 6. The minimum absolute atomic E-state index is 0. The van der Waals surface area contributed by atoms with E-state index in [1.807, 2.05) is 54.7 Å². The second-order valence-corrected chi connectivity index (χ2v) is 13.6. The van der Waals surface area contributed by atoms with Gasteiger partial charge in [0.2, 0.25) is 0 Å². The fraction of sp³-hybridized carbons (Fsp3) is 0. The molecule has 0 spiro atoms. The van der Waals surface area contributed by atoms with E-state index in [4.69, 9.17) is 9.15 Å². The van der Waals surface area contributed by atoms with E-state index >= 15 is 0 Å². The van der Waals surface area contributed by atoms with Gasteiger partial charge in [-0.05, 0) is 48.5 Å². The molecule has 0 amide bonds. The monoisotopic (exact) mass is 716 g/mol. The van der Waals surface area contributed by atoms with Crippen LogP contribution in [0.3, 0.4) is 0 Å². The first-order valence-corrected chi connectivity index (χ1v) is 16.7. The smallest absolute Gasteiger partial charge is 0.138 e. The zero-order valence-corrected chi connectivity index (χ0v) is 27.4. The molecule has 2 aromatic heterocycles. The third-order valence-electron chi connectivity index (χ3n) is 8.41. The number of para-hydroxylation sites is 2. The summed E-state index contributed by atoms with van der Waals surface area (Å²) in [5, 5.41) is 6.83. The fourth-order valence-corrected chi connectivity index (χ4v) is 9.06. The molecule has 9 rings (SSSR count). The number of furan rings is 1. The molecule has 0 aliphatic carbocycles. The third kappa shape index (κ3) is 5.17. The van der Waals surface area contributed by atoms with Gasteiger partial charge in [-0.25, -0.2) is 0 Å². The van der Waals surface area contributed by atoms with Crippen molar-refractivity contribution in [1.82, 2.24) is 4.98 Å². The van der Waals surface area contributed by atoms with E-state index in [1.54, 1.807) is 0 Å². The molecule has 3 heterocycles. The predicted molar refractivity (Wildman–Crippen MR) is 189 cm³/mol. The Bertz CT molecular complexity index is 2320. The summed E-state index contributed by atoms with van der Waals surface area (Å²) >= 11 is 0. The molecule has 6 heteroatoms. The van der Waals surface area contributed by atoms with E-state index in [0.29, 0.717) is 11.6 Å². The summed E-state index contributed by atoms with van der Waals surface area (Å²) in [6.45, 7) is 0. The minimum atomic E-state index is -1.35. The molecule has 229 valence electrons. The Kier molecular flexibility index (Phi) is 7.73. The molecule has 0 bridgehead atoms. The van der Waals surface area contributed by atoms with Crippen molar-refractivity contribution in [2.24, 2.45) is 0 Å². The normalized spacial score (nSPS) is 12.0. The summed E-state index contributed by atoms with van der Waals surface area (Å²) in [4.78, 5) is 6.73. The van der Waals surface area contributed by atoms with Crippen molar-refractivity contribution in [3.05, 3.63) is 164 Å². The van der Waals surface area contributed by atoms with Gasteiger partial charge in [-0.15, -0.1) is 28.3 Å². The van der Waals surface area contributed by atoms with Gasteiger partial charge in [-0.3, -0.25) is 4.98 Å². The van der Waals surface area contributed by atoms with E-state index in [9.17, 15) is 0 Å². The molecule has 0 N–H and O–H groups in total. The molecule has 0 saturated heterocycles. The van der Waals surface area contributed by atoms with Crippen molar-refractivity contribution >= 4 is 62.8 Å². The molecule has 8 aromatic rings. The number of pyridine rings is 1. The Morgan fingerprint density at radius 2 is 1.34 bits per heavy atom. The van der Waals surface area contributed by atoms with Crippen LogP contribution in [0.1, 0.15) is 0 Å². The van der Waals surface area contributed by atoms with Gasteiger partial charge in [0, 0.05) is 50.8 Å². The summed E-state index contributed by atoms with van der Waals surface area (Å²) in [5.74, 6) is 2.04. The Morgan fingerprint density at radius 1 is 0.617 bits per heavy atom. The molecule has 0 atom stereocenters. The Labute approximate surface area is 289 Å². The molecular weight excluding hydrogens is 691 g/mol. The number of nitrogens with zero attached hydrogens (tertiary/aromatic N) is 2. The summed E-state index contributed by atoms with van der Waals surface area (Å²) < 4.78 is 13.2. The maximum atomic E-state index is 6.71. The van der Waals surface area contributed by atoms with Crippen LogP contribution in [-0.4, -0.2) is 4.98 Å². The molecule has 0 saturated carbocycles. The van der Waals surface area contributed by atoms with Gasteiger partial charge in [-0.2, -0.15) is 0 Å². The van der Waals surface area contributed by atoms with Gasteiger partial charge < -0.3 is 14.1 Å². The minimum Gasteiger partial charge on any atom is -0.512 e. The fourth-order valence-electron chi connectivity index (χ4n) is 6.36. The van der Waals surface area contributed by atoms with Crippen LogP contribution in [0, 0.1) is 12.1 Å². The van der Waals surface area contributed by atoms with Crippen LogP contribution < -0.4 is 25.6 Å². The first-order valence-electron chi connectivity index (χ1n) is 15.2. The summed E-state index contributed by atoms with van der Waals surface area (Å²) in [7, 11) is -1.35. The third-order valence-corrected chi connectivity index (χ3v) is 11.2. The number of rotatable bonds is 5. The van der Waals surface area contributed by atoms with Crippen molar-refractivity contribution in [2.45, 2.75) is 0 Å². The van der Waals surface area contributed by atoms with Gasteiger partial charge in [0.1, 0.15) is 11.6 Å². The summed E-state index contributed by atoms with van der Waals surface area (Å²) in [6.07, 6.45) is 1.82. The quantitative estimate of drug-likeness (QED) is 0.101. The molecule has 1 aliphatic heterocycles. The topological polar surface area (TPSA) is 38.5 Å². The molecule has 0 fully saturated rings. The Hall–Kier alpha value is -4.96. The predicted octanol–water partition coefficient (Wildman–Crippen LogP) is 9.31. The van der Waals surface area contributed by atoms with Crippen molar-refractivity contribution in [3.8, 4) is 22.8 Å². The van der Waals surface area contributed by atoms with Crippen molar-refractivity contribution in [2.75, 3.05) is 4.90 Å². The van der Waals surface area contributed by atoms with Crippen LogP contribution in [0.5, 0.6) is 11.5 Å². The zero-order valence-electron chi connectivity index (χ0n) is 24.9. The van der Waals surface area contributed by atoms with Crippen LogP contribution in [0.15, 0.2) is 156 Å². The first-order chi connectivity index (χ1) is 22.8. The first kappa shape index (κ1) is 29.4. The SMILES string of the molecule is [Ag].[c-]1c2c(cc3cccc(-c4ccccn4)c13)Oc1ccccc1N2c1[c-]c2c([PH+](c3ccccc3)c3ccccc3)cccc2o1. The maximum Gasteiger partial charge on any atom is 0.138 e. The molecule has 4 nitrogen and oxygen atoms in total. The van der Waals surface area contributed by atoms with Crippen molar-refractivity contribution < 1.29 is 31.5 Å². The van der Waals surface area contributed by atoms with Gasteiger partial charge in [-0.1, -0.05) is 103 Å². The number of hydrogen-bond acceptors (Lipinski definition) is 4. The zero-order chi connectivity index (χ0) is 30.5. The standard InChI is InChI=1S/C41H25N2O2P.Ag/c1-3-14-29(15-4-1)46(30-16-5-2-6-17-30)40-23-12-22-37-33(40)27-41(45-37)43-35-20-7-8-21-38(35)44-39-25-28-13-11-18-31(32(28)26-36(39)43)34-19-9-10-24-42-34;/h1-25H;/q-2;/p+1. The van der Waals surface area contributed by atoms with Gasteiger partial charge >= 0.3 is 0 Å². The molecule has 1 radical (unpaired) electrons. The van der Waals surface area contributed by atoms with Crippen LogP contribution in [0.2, 0.25) is 0 Å². The Morgan fingerprint density at radius 3 is 2.11 bits per heavy atom. The largest absolute Gasteiger partial charge is 0.512 e. The van der Waals surface area contributed by atoms with Crippen molar-refractivity contribution in [3.63, 3.8) is 0 Å². The average Bonchev–Trinajstić information content (AvgIpc) is 3.56. The van der Waals surface area contributed by atoms with E-state index in [2.05, 4.69) is 119 Å². The van der Waals surface area contributed by atoms with Crippen LogP contribution in [-0.2, 0) is 22.4 Å². The number of ether oxygens (including phenoxy) is 1. The van der Waals surface area contributed by atoms with E-state index in [1.165, 1.54) is 15.9 Å². The second-order valence-electron chi connectivity index (χ2n) is 11.2. The average molecular weight is 718 g/mol. The van der Waals surface area contributed by atoms with Gasteiger partial charge in [0.25, 0.3) is 0 Å². The summed E-state index contributed by atoms with van der Waals surface area (Å²) in [6, 6.07) is 57.7. The van der Waals surface area contributed by atoms with Crippen molar-refractivity contribution in [1.29, 1.82) is 0 Å². The Balaban J connectivity index is 0.00000324. The summed E-state index contributed by atoms with van der Waals surface area (Å²) in [5.41, 5.74) is 4.33. The number of fused-ring (bicyclic) bond motifs is 4. The van der Waals surface area contributed by atoms with Crippen LogP contribution >= 0.6 is 7.92 Å². The van der Waals surface area contributed by atoms with Crippen LogP contribution in [0.25, 0.3) is 33.0 Å². The number of anilines is 3. The van der Waals surface area contributed by atoms with Crippen LogP contribution in [0.4, 0.5) is 17.3 Å². The van der Waals surface area contributed by atoms with E-state index < -0.39 is 7.92 Å².